The molecule has 0 aromatic carbocycles. The summed E-state index contributed by atoms with van der Waals surface area (Å²) in [4.78, 5) is 24.7. The normalized spacial score (nSPS) is 10.7. The first kappa shape index (κ1) is 23.2. The Kier molecular flexibility index (Phi) is 10.7. The van der Waals surface area contributed by atoms with Gasteiger partial charge < -0.3 is 10.1 Å². The summed E-state index contributed by atoms with van der Waals surface area (Å²) in [6, 6.07) is 2.09. The van der Waals surface area contributed by atoms with Crippen molar-refractivity contribution in [2.75, 3.05) is 5.32 Å². The summed E-state index contributed by atoms with van der Waals surface area (Å²) < 4.78 is 5.21. The summed E-state index contributed by atoms with van der Waals surface area (Å²) in [6.07, 6.45) is 9.60. The molecule has 27 heavy (non-hydrogen) atoms. The minimum Gasteiger partial charge on any atom is -0.459 e. The number of rotatable bonds is 12. The van der Waals surface area contributed by atoms with E-state index >= 15 is 0 Å². The number of thiophene rings is 1. The van der Waals surface area contributed by atoms with Gasteiger partial charge in [0.25, 0.3) is 0 Å². The molecule has 1 aromatic rings. The zero-order valence-corrected chi connectivity index (χ0v) is 17.8. The van der Waals surface area contributed by atoms with Gasteiger partial charge in [0.1, 0.15) is 15.9 Å². The Morgan fingerprint density at radius 2 is 1.70 bits per heavy atom. The largest absolute Gasteiger partial charge is 0.459 e. The smallest absolute Gasteiger partial charge is 0.348 e. The van der Waals surface area contributed by atoms with Gasteiger partial charge in [-0.1, -0.05) is 51.9 Å². The van der Waals surface area contributed by atoms with Gasteiger partial charge in [-0.3, -0.25) is 4.79 Å². The monoisotopic (exact) mass is 392 g/mol. The van der Waals surface area contributed by atoms with Crippen LogP contribution in [-0.4, -0.2) is 18.0 Å². The van der Waals surface area contributed by atoms with Crippen LogP contribution in [0.2, 0.25) is 0 Å². The van der Waals surface area contributed by atoms with E-state index in [1.54, 1.807) is 20.8 Å². The first-order valence-corrected chi connectivity index (χ1v) is 10.8. The Bertz CT molecular complexity index is 659. The predicted molar refractivity (Wildman–Crippen MR) is 110 cm³/mol. The standard InChI is InChI=1S/C21H32N2O3S/c1-5-6-7-8-9-10-11-12-13-18(24)23-20-17(14-22)16(4)19(27-20)21(25)26-15(2)3/h15H,5-13H2,1-4H3,(H,23,24). The summed E-state index contributed by atoms with van der Waals surface area (Å²) in [6.45, 7) is 7.47. The Morgan fingerprint density at radius 3 is 2.26 bits per heavy atom. The molecule has 0 bridgehead atoms. The maximum atomic E-state index is 12.2. The average molecular weight is 393 g/mol. The van der Waals surface area contributed by atoms with Gasteiger partial charge in [0.05, 0.1) is 11.7 Å². The summed E-state index contributed by atoms with van der Waals surface area (Å²) in [5.41, 5.74) is 0.913. The second-order valence-corrected chi connectivity index (χ2v) is 8.12. The van der Waals surface area contributed by atoms with Crippen molar-refractivity contribution >= 4 is 28.2 Å². The number of amides is 1. The molecule has 0 aliphatic heterocycles. The van der Waals surface area contributed by atoms with Gasteiger partial charge in [-0.05, 0) is 32.8 Å². The van der Waals surface area contributed by atoms with Crippen LogP contribution in [0.3, 0.4) is 0 Å². The average Bonchev–Trinajstić information content (AvgIpc) is 2.92. The number of nitriles is 1. The first-order chi connectivity index (χ1) is 12.9. The third kappa shape index (κ3) is 8.13. The number of ether oxygens (including phenoxy) is 1. The fraction of sp³-hybridized carbons (Fsp3) is 0.667. The van der Waals surface area contributed by atoms with E-state index in [1.165, 1.54) is 32.1 Å². The molecule has 0 aliphatic carbocycles. The second kappa shape index (κ2) is 12.5. The molecule has 0 saturated carbocycles. The van der Waals surface area contributed by atoms with Gasteiger partial charge >= 0.3 is 5.97 Å². The van der Waals surface area contributed by atoms with Gasteiger partial charge in [-0.15, -0.1) is 11.3 Å². The van der Waals surface area contributed by atoms with Crippen molar-refractivity contribution in [1.29, 1.82) is 5.26 Å². The Balaban J connectivity index is 2.50. The number of esters is 1. The maximum absolute atomic E-state index is 12.2. The van der Waals surface area contributed by atoms with E-state index in [0.29, 0.717) is 27.4 Å². The number of hydrogen-bond donors (Lipinski definition) is 1. The summed E-state index contributed by atoms with van der Waals surface area (Å²) in [5.74, 6) is -0.560. The van der Waals surface area contributed by atoms with Crippen LogP contribution in [0.5, 0.6) is 0 Å². The van der Waals surface area contributed by atoms with Crippen molar-refractivity contribution < 1.29 is 14.3 Å². The highest BCUT2D eigenvalue weighted by molar-refractivity contribution is 7.18. The van der Waals surface area contributed by atoms with Gasteiger partial charge in [-0.2, -0.15) is 5.26 Å². The lowest BCUT2D eigenvalue weighted by Crippen LogP contribution is -2.11. The van der Waals surface area contributed by atoms with Crippen molar-refractivity contribution in [2.45, 2.75) is 91.6 Å². The third-order valence-corrected chi connectivity index (χ3v) is 5.48. The molecule has 5 nitrogen and oxygen atoms in total. The summed E-state index contributed by atoms with van der Waals surface area (Å²) >= 11 is 1.12. The molecule has 0 aliphatic rings. The lowest BCUT2D eigenvalue weighted by atomic mass is 10.1. The molecule has 0 unspecified atom stereocenters. The molecule has 6 heteroatoms. The molecule has 0 saturated heterocycles. The topological polar surface area (TPSA) is 79.2 Å². The molecule has 1 heterocycles. The third-order valence-electron chi connectivity index (χ3n) is 4.30. The van der Waals surface area contributed by atoms with E-state index in [2.05, 4.69) is 18.3 Å². The Labute approximate surface area is 167 Å². The van der Waals surface area contributed by atoms with Crippen LogP contribution in [0.4, 0.5) is 5.00 Å². The van der Waals surface area contributed by atoms with Crippen molar-refractivity contribution in [3.05, 3.63) is 16.0 Å². The Hall–Kier alpha value is -1.87. The van der Waals surface area contributed by atoms with E-state index in [-0.39, 0.29) is 12.0 Å². The van der Waals surface area contributed by atoms with Gasteiger partial charge in [-0.25, -0.2) is 4.79 Å². The minimum absolute atomic E-state index is 0.109. The molecule has 0 radical (unpaired) electrons. The number of unbranched alkanes of at least 4 members (excludes halogenated alkanes) is 7. The second-order valence-electron chi connectivity index (χ2n) is 7.10. The zero-order valence-electron chi connectivity index (χ0n) is 17.0. The van der Waals surface area contributed by atoms with Crippen LogP contribution in [-0.2, 0) is 9.53 Å². The van der Waals surface area contributed by atoms with Crippen LogP contribution in [0, 0.1) is 18.3 Å². The number of carbonyl (C=O) groups excluding carboxylic acids is 2. The zero-order chi connectivity index (χ0) is 20.2. The highest BCUT2D eigenvalue weighted by atomic mass is 32.1. The quantitative estimate of drug-likeness (QED) is 0.351. The van der Waals surface area contributed by atoms with Crippen molar-refractivity contribution in [3.63, 3.8) is 0 Å². The summed E-state index contributed by atoms with van der Waals surface area (Å²) in [5, 5.41) is 12.6. The summed E-state index contributed by atoms with van der Waals surface area (Å²) in [7, 11) is 0. The SMILES string of the molecule is CCCCCCCCCCC(=O)Nc1sc(C(=O)OC(C)C)c(C)c1C#N. The van der Waals surface area contributed by atoms with E-state index in [0.717, 1.165) is 30.6 Å². The minimum atomic E-state index is -0.451. The van der Waals surface area contributed by atoms with E-state index in [9.17, 15) is 14.9 Å². The van der Waals surface area contributed by atoms with Crippen LogP contribution < -0.4 is 5.32 Å². The molecule has 0 fully saturated rings. The maximum Gasteiger partial charge on any atom is 0.348 e. The molecule has 1 amide bonds. The predicted octanol–water partition coefficient (Wildman–Crippen LogP) is 5.96. The highest BCUT2D eigenvalue weighted by Crippen LogP contribution is 2.33. The number of anilines is 1. The van der Waals surface area contributed by atoms with E-state index < -0.39 is 5.97 Å². The molecule has 1 rings (SSSR count). The van der Waals surface area contributed by atoms with Gasteiger partial charge in [0.15, 0.2) is 0 Å². The fourth-order valence-corrected chi connectivity index (χ4v) is 3.86. The molecule has 150 valence electrons. The Morgan fingerprint density at radius 1 is 1.11 bits per heavy atom. The van der Waals surface area contributed by atoms with Gasteiger partial charge in [0, 0.05) is 6.42 Å². The molecular weight excluding hydrogens is 360 g/mol. The molecular formula is C21H32N2O3S. The lowest BCUT2D eigenvalue weighted by Gasteiger charge is -2.06. The lowest BCUT2D eigenvalue weighted by molar-refractivity contribution is -0.116. The molecule has 0 atom stereocenters. The molecule has 1 aromatic heterocycles. The van der Waals surface area contributed by atoms with Crippen molar-refractivity contribution in [3.8, 4) is 6.07 Å². The van der Waals surface area contributed by atoms with Crippen LogP contribution >= 0.6 is 11.3 Å². The van der Waals surface area contributed by atoms with E-state index in [4.69, 9.17) is 4.74 Å². The first-order valence-electron chi connectivity index (χ1n) is 9.95. The number of nitrogens with zero attached hydrogens (tertiary/aromatic N) is 1. The van der Waals surface area contributed by atoms with E-state index in [1.807, 2.05) is 0 Å². The van der Waals surface area contributed by atoms with Crippen molar-refractivity contribution in [1.82, 2.24) is 0 Å². The number of nitrogens with one attached hydrogen (secondary N) is 1. The molecule has 0 spiro atoms. The number of carbonyl (C=O) groups is 2. The van der Waals surface area contributed by atoms with Crippen LogP contribution in [0.1, 0.15) is 99.4 Å². The van der Waals surface area contributed by atoms with Gasteiger partial charge in [0.2, 0.25) is 5.91 Å². The van der Waals surface area contributed by atoms with Crippen LogP contribution in [0.15, 0.2) is 0 Å². The molecule has 1 N–H and O–H groups in total. The van der Waals surface area contributed by atoms with Crippen molar-refractivity contribution in [2.24, 2.45) is 0 Å². The highest BCUT2D eigenvalue weighted by Gasteiger charge is 2.22. The van der Waals surface area contributed by atoms with Crippen LogP contribution in [0.25, 0.3) is 0 Å². The number of hydrogen-bond acceptors (Lipinski definition) is 5. The fourth-order valence-electron chi connectivity index (χ4n) is 2.81.